The molecular formula is C14H23BrClN3. The van der Waals surface area contributed by atoms with E-state index in [1.54, 1.807) is 0 Å². The first-order chi connectivity index (χ1) is 8.91. The van der Waals surface area contributed by atoms with Crippen molar-refractivity contribution in [2.45, 2.75) is 40.5 Å². The molecule has 0 saturated heterocycles. The lowest BCUT2D eigenvalue weighted by Crippen LogP contribution is -2.28. The van der Waals surface area contributed by atoms with Crippen molar-refractivity contribution in [2.75, 3.05) is 18.0 Å². The van der Waals surface area contributed by atoms with Gasteiger partial charge in [-0.05, 0) is 40.6 Å². The molecule has 3 nitrogen and oxygen atoms in total. The van der Waals surface area contributed by atoms with E-state index >= 15 is 0 Å². The Hall–Kier alpha value is -0.350. The van der Waals surface area contributed by atoms with Gasteiger partial charge in [0.25, 0.3) is 0 Å². The van der Waals surface area contributed by atoms with Crippen LogP contribution in [-0.4, -0.2) is 23.1 Å². The van der Waals surface area contributed by atoms with Crippen LogP contribution in [0, 0.1) is 11.8 Å². The number of anilines is 1. The fraction of sp³-hybridized carbons (Fsp3) is 0.714. The minimum Gasteiger partial charge on any atom is -0.356 e. The molecule has 0 N–H and O–H groups in total. The molecule has 1 heterocycles. The zero-order valence-electron chi connectivity index (χ0n) is 12.2. The molecule has 0 atom stereocenters. The van der Waals surface area contributed by atoms with Crippen LogP contribution in [0.3, 0.4) is 0 Å². The van der Waals surface area contributed by atoms with Gasteiger partial charge in [0.2, 0.25) is 0 Å². The van der Waals surface area contributed by atoms with Crippen molar-refractivity contribution in [3.8, 4) is 0 Å². The molecule has 1 aromatic rings. The van der Waals surface area contributed by atoms with Crippen LogP contribution in [0.25, 0.3) is 0 Å². The van der Waals surface area contributed by atoms with Gasteiger partial charge in [0, 0.05) is 13.1 Å². The maximum atomic E-state index is 6.06. The van der Waals surface area contributed by atoms with Crippen molar-refractivity contribution in [3.63, 3.8) is 0 Å². The fourth-order valence-electron chi connectivity index (χ4n) is 1.71. The number of rotatable bonds is 7. The Labute approximate surface area is 129 Å². The summed E-state index contributed by atoms with van der Waals surface area (Å²) in [5.41, 5.74) is 0. The van der Waals surface area contributed by atoms with Crippen LogP contribution in [0.4, 0.5) is 5.82 Å². The maximum Gasteiger partial charge on any atom is 0.148 e. The molecule has 0 bridgehead atoms. The average Bonchev–Trinajstić information content (AvgIpc) is 2.33. The summed E-state index contributed by atoms with van der Waals surface area (Å²) in [7, 11) is 0. The van der Waals surface area contributed by atoms with Crippen molar-refractivity contribution in [3.05, 3.63) is 16.0 Å². The number of halogens is 2. The molecule has 0 aliphatic heterocycles. The summed E-state index contributed by atoms with van der Waals surface area (Å²) in [6, 6.07) is 0. The molecule has 108 valence electrons. The lowest BCUT2D eigenvalue weighted by atomic mass is 10.1. The van der Waals surface area contributed by atoms with Gasteiger partial charge in [-0.15, -0.1) is 0 Å². The van der Waals surface area contributed by atoms with E-state index in [4.69, 9.17) is 11.6 Å². The SMILES string of the molecule is CC(C)CCN(CCC(C)C)c1ncnc(Cl)c1Br. The van der Waals surface area contributed by atoms with E-state index in [0.29, 0.717) is 17.0 Å². The Morgan fingerprint density at radius 2 is 1.63 bits per heavy atom. The second kappa shape index (κ2) is 8.05. The Bertz CT molecular complexity index is 384. The summed E-state index contributed by atoms with van der Waals surface area (Å²) in [5.74, 6) is 2.26. The molecule has 0 saturated carbocycles. The van der Waals surface area contributed by atoms with E-state index in [2.05, 4.69) is 58.5 Å². The van der Waals surface area contributed by atoms with Gasteiger partial charge in [-0.25, -0.2) is 9.97 Å². The molecule has 0 amide bonds. The lowest BCUT2D eigenvalue weighted by Gasteiger charge is -2.26. The predicted molar refractivity (Wildman–Crippen MR) is 85.9 cm³/mol. The highest BCUT2D eigenvalue weighted by Gasteiger charge is 2.15. The molecule has 0 radical (unpaired) electrons. The molecule has 1 aromatic heterocycles. The standard InChI is InChI=1S/C14H23BrClN3/c1-10(2)5-7-19(8-6-11(3)4)14-12(15)13(16)17-9-18-14/h9-11H,5-8H2,1-4H3. The fourth-order valence-corrected chi connectivity index (χ4v) is 2.30. The summed E-state index contributed by atoms with van der Waals surface area (Å²) in [4.78, 5) is 10.7. The average molecular weight is 349 g/mol. The molecule has 0 aliphatic carbocycles. The number of nitrogens with zero attached hydrogens (tertiary/aromatic N) is 3. The first-order valence-corrected chi connectivity index (χ1v) is 7.99. The summed E-state index contributed by atoms with van der Waals surface area (Å²) < 4.78 is 0.796. The maximum absolute atomic E-state index is 6.06. The first kappa shape index (κ1) is 16.7. The van der Waals surface area contributed by atoms with Crippen molar-refractivity contribution in [1.82, 2.24) is 9.97 Å². The largest absolute Gasteiger partial charge is 0.356 e. The van der Waals surface area contributed by atoms with Crippen LogP contribution in [0.1, 0.15) is 40.5 Å². The highest BCUT2D eigenvalue weighted by molar-refractivity contribution is 9.10. The number of hydrogen-bond donors (Lipinski definition) is 0. The first-order valence-electron chi connectivity index (χ1n) is 6.82. The van der Waals surface area contributed by atoms with Gasteiger partial charge < -0.3 is 4.90 Å². The normalized spacial score (nSPS) is 11.4. The van der Waals surface area contributed by atoms with Gasteiger partial charge >= 0.3 is 0 Å². The zero-order chi connectivity index (χ0) is 14.4. The third-order valence-electron chi connectivity index (χ3n) is 2.98. The second-order valence-corrected chi connectivity index (χ2v) is 6.81. The quantitative estimate of drug-likeness (QED) is 0.663. The van der Waals surface area contributed by atoms with Crippen LogP contribution in [-0.2, 0) is 0 Å². The minimum atomic E-state index is 0.476. The molecule has 19 heavy (non-hydrogen) atoms. The summed E-state index contributed by atoms with van der Waals surface area (Å²) in [5, 5.41) is 0.476. The molecule has 0 fully saturated rings. The van der Waals surface area contributed by atoms with Crippen LogP contribution >= 0.6 is 27.5 Å². The van der Waals surface area contributed by atoms with E-state index < -0.39 is 0 Å². The Morgan fingerprint density at radius 3 is 2.11 bits per heavy atom. The Kier molecular flexibility index (Phi) is 7.08. The van der Waals surface area contributed by atoms with Gasteiger partial charge in [0.1, 0.15) is 17.3 Å². The van der Waals surface area contributed by atoms with Crippen molar-refractivity contribution >= 4 is 33.3 Å². The number of aromatic nitrogens is 2. The second-order valence-electron chi connectivity index (χ2n) is 5.65. The summed E-state index contributed by atoms with van der Waals surface area (Å²) in [6.45, 7) is 10.9. The molecule has 1 rings (SSSR count). The number of hydrogen-bond acceptors (Lipinski definition) is 3. The Balaban J connectivity index is 2.84. The monoisotopic (exact) mass is 347 g/mol. The molecule has 5 heteroatoms. The van der Waals surface area contributed by atoms with Crippen LogP contribution in [0.5, 0.6) is 0 Å². The van der Waals surface area contributed by atoms with Crippen LogP contribution in [0.15, 0.2) is 10.8 Å². The highest BCUT2D eigenvalue weighted by atomic mass is 79.9. The third kappa shape index (κ3) is 5.65. The Morgan fingerprint density at radius 1 is 1.11 bits per heavy atom. The zero-order valence-corrected chi connectivity index (χ0v) is 14.5. The van der Waals surface area contributed by atoms with Crippen molar-refractivity contribution < 1.29 is 0 Å². The lowest BCUT2D eigenvalue weighted by molar-refractivity contribution is 0.532. The summed E-state index contributed by atoms with van der Waals surface area (Å²) in [6.07, 6.45) is 3.82. The van der Waals surface area contributed by atoms with E-state index in [1.165, 1.54) is 6.33 Å². The minimum absolute atomic E-state index is 0.476. The van der Waals surface area contributed by atoms with E-state index in [9.17, 15) is 0 Å². The van der Waals surface area contributed by atoms with E-state index in [1.807, 2.05) is 0 Å². The van der Waals surface area contributed by atoms with Gasteiger partial charge in [0.15, 0.2) is 0 Å². The summed E-state index contributed by atoms with van der Waals surface area (Å²) >= 11 is 9.55. The highest BCUT2D eigenvalue weighted by Crippen LogP contribution is 2.29. The molecule has 0 unspecified atom stereocenters. The molecule has 0 aliphatic rings. The third-order valence-corrected chi connectivity index (χ3v) is 4.23. The van der Waals surface area contributed by atoms with Gasteiger partial charge in [-0.3, -0.25) is 0 Å². The predicted octanol–water partition coefficient (Wildman–Crippen LogP) is 4.79. The van der Waals surface area contributed by atoms with Gasteiger partial charge in [0.05, 0.1) is 4.47 Å². The topological polar surface area (TPSA) is 29.0 Å². The molecular weight excluding hydrogens is 326 g/mol. The smallest absolute Gasteiger partial charge is 0.148 e. The van der Waals surface area contributed by atoms with Gasteiger partial charge in [-0.1, -0.05) is 39.3 Å². The van der Waals surface area contributed by atoms with Crippen LogP contribution < -0.4 is 4.90 Å². The van der Waals surface area contributed by atoms with E-state index in [0.717, 1.165) is 36.2 Å². The van der Waals surface area contributed by atoms with Crippen molar-refractivity contribution in [1.29, 1.82) is 0 Å². The van der Waals surface area contributed by atoms with Gasteiger partial charge in [-0.2, -0.15) is 0 Å². The molecule has 0 spiro atoms. The van der Waals surface area contributed by atoms with E-state index in [-0.39, 0.29) is 0 Å². The van der Waals surface area contributed by atoms with Crippen LogP contribution in [0.2, 0.25) is 5.15 Å². The molecule has 0 aromatic carbocycles. The van der Waals surface area contributed by atoms with Crippen molar-refractivity contribution in [2.24, 2.45) is 11.8 Å².